The number of rotatable bonds is 5. The van der Waals surface area contributed by atoms with Crippen molar-refractivity contribution in [3.63, 3.8) is 0 Å². The lowest BCUT2D eigenvalue weighted by Gasteiger charge is -2.18. The van der Waals surface area contributed by atoms with Crippen molar-refractivity contribution in [1.82, 2.24) is 14.8 Å². The molecule has 1 atom stereocenters. The van der Waals surface area contributed by atoms with Crippen molar-refractivity contribution in [2.45, 2.75) is 46.7 Å². The minimum Gasteiger partial charge on any atom is -0.324 e. The van der Waals surface area contributed by atoms with Gasteiger partial charge in [-0.1, -0.05) is 32.0 Å². The number of hydrogen-bond donors (Lipinski definition) is 1. The molecule has 4 nitrogen and oxygen atoms in total. The van der Waals surface area contributed by atoms with Crippen molar-refractivity contribution in [2.24, 2.45) is 11.7 Å². The van der Waals surface area contributed by atoms with Crippen LogP contribution in [-0.4, -0.2) is 14.8 Å². The van der Waals surface area contributed by atoms with Crippen molar-refractivity contribution in [3.05, 3.63) is 47.0 Å². The molecule has 0 aliphatic carbocycles. The van der Waals surface area contributed by atoms with Crippen molar-refractivity contribution >= 4 is 0 Å². The quantitative estimate of drug-likeness (QED) is 0.910. The SMILES string of the molecule is Cc1cccc(C)c1C(N)Cc1ncnn1CC(C)C. The summed E-state index contributed by atoms with van der Waals surface area (Å²) < 4.78 is 1.97. The van der Waals surface area contributed by atoms with Crippen molar-refractivity contribution in [1.29, 1.82) is 0 Å². The van der Waals surface area contributed by atoms with Crippen molar-refractivity contribution in [2.75, 3.05) is 0 Å². The molecule has 2 aromatic rings. The Morgan fingerprint density at radius 3 is 2.45 bits per heavy atom. The highest BCUT2D eigenvalue weighted by molar-refractivity contribution is 5.36. The van der Waals surface area contributed by atoms with Crippen LogP contribution >= 0.6 is 0 Å². The summed E-state index contributed by atoms with van der Waals surface area (Å²) in [6.45, 7) is 9.46. The molecule has 1 unspecified atom stereocenters. The zero-order chi connectivity index (χ0) is 14.7. The van der Waals surface area contributed by atoms with E-state index in [-0.39, 0.29) is 6.04 Å². The Bertz CT molecular complexity index is 551. The molecule has 0 amide bonds. The number of aryl methyl sites for hydroxylation is 2. The minimum absolute atomic E-state index is 0.0358. The predicted octanol–water partition coefficient (Wildman–Crippen LogP) is 2.79. The van der Waals surface area contributed by atoms with Crippen molar-refractivity contribution in [3.8, 4) is 0 Å². The second kappa shape index (κ2) is 6.18. The molecule has 2 N–H and O–H groups in total. The lowest BCUT2D eigenvalue weighted by Crippen LogP contribution is -2.20. The van der Waals surface area contributed by atoms with E-state index in [2.05, 4.69) is 56.0 Å². The third kappa shape index (κ3) is 3.25. The molecule has 1 aromatic carbocycles. The number of hydrogen-bond acceptors (Lipinski definition) is 3. The second-order valence-electron chi connectivity index (χ2n) is 5.87. The Balaban J connectivity index is 2.20. The average molecular weight is 272 g/mol. The van der Waals surface area contributed by atoms with Gasteiger partial charge in [0, 0.05) is 19.0 Å². The second-order valence-corrected chi connectivity index (χ2v) is 5.87. The highest BCUT2D eigenvalue weighted by Gasteiger charge is 2.16. The first-order valence-electron chi connectivity index (χ1n) is 7.17. The van der Waals surface area contributed by atoms with Crippen LogP contribution < -0.4 is 5.73 Å². The van der Waals surface area contributed by atoms with Gasteiger partial charge in [-0.3, -0.25) is 0 Å². The Hall–Kier alpha value is -1.68. The van der Waals surface area contributed by atoms with Gasteiger partial charge in [0.2, 0.25) is 0 Å². The van der Waals surface area contributed by atoms with Crippen LogP contribution in [0.3, 0.4) is 0 Å². The summed E-state index contributed by atoms with van der Waals surface area (Å²) in [5.74, 6) is 1.51. The van der Waals surface area contributed by atoms with Crippen molar-refractivity contribution < 1.29 is 0 Å². The molecule has 20 heavy (non-hydrogen) atoms. The number of nitrogens with two attached hydrogens (primary N) is 1. The van der Waals surface area contributed by atoms with E-state index in [0.29, 0.717) is 5.92 Å². The summed E-state index contributed by atoms with van der Waals surface area (Å²) in [4.78, 5) is 4.37. The van der Waals surface area contributed by atoms with Gasteiger partial charge >= 0.3 is 0 Å². The minimum atomic E-state index is -0.0358. The van der Waals surface area contributed by atoms with E-state index in [1.54, 1.807) is 6.33 Å². The molecule has 1 heterocycles. The first-order chi connectivity index (χ1) is 9.49. The molecule has 0 fully saturated rings. The van der Waals surface area contributed by atoms with Gasteiger partial charge in [0.15, 0.2) is 0 Å². The lowest BCUT2D eigenvalue weighted by atomic mass is 9.94. The van der Waals surface area contributed by atoms with Crippen LogP contribution in [0.1, 0.15) is 42.4 Å². The maximum absolute atomic E-state index is 6.41. The smallest absolute Gasteiger partial charge is 0.138 e. The predicted molar refractivity (Wildman–Crippen MR) is 81.4 cm³/mol. The van der Waals surface area contributed by atoms with Gasteiger partial charge in [0.1, 0.15) is 12.2 Å². The lowest BCUT2D eigenvalue weighted by molar-refractivity contribution is 0.459. The van der Waals surface area contributed by atoms with E-state index < -0.39 is 0 Å². The summed E-state index contributed by atoms with van der Waals surface area (Å²) in [5.41, 5.74) is 10.1. The van der Waals surface area contributed by atoms with E-state index in [4.69, 9.17) is 5.73 Å². The summed E-state index contributed by atoms with van der Waals surface area (Å²) in [5, 5.41) is 4.30. The van der Waals surface area contributed by atoms with Crippen LogP contribution in [0.2, 0.25) is 0 Å². The van der Waals surface area contributed by atoms with Gasteiger partial charge in [-0.05, 0) is 36.5 Å². The summed E-state index contributed by atoms with van der Waals surface area (Å²) in [7, 11) is 0. The topological polar surface area (TPSA) is 56.7 Å². The standard InChI is InChI=1S/C16H24N4/c1-11(2)9-20-15(18-10-19-20)8-14(17)16-12(3)6-5-7-13(16)4/h5-7,10-11,14H,8-9,17H2,1-4H3. The van der Waals surface area contributed by atoms with Gasteiger partial charge in [0.25, 0.3) is 0 Å². The highest BCUT2D eigenvalue weighted by Crippen LogP contribution is 2.22. The Morgan fingerprint density at radius 2 is 1.85 bits per heavy atom. The molecule has 0 bridgehead atoms. The third-order valence-electron chi connectivity index (χ3n) is 3.55. The highest BCUT2D eigenvalue weighted by atomic mass is 15.3. The molecule has 0 saturated heterocycles. The molecule has 0 spiro atoms. The molecule has 2 rings (SSSR count). The van der Waals surface area contributed by atoms with Crippen LogP contribution in [-0.2, 0) is 13.0 Å². The van der Waals surface area contributed by atoms with Gasteiger partial charge in [-0.15, -0.1) is 0 Å². The van der Waals surface area contributed by atoms with E-state index in [9.17, 15) is 0 Å². The van der Waals surface area contributed by atoms with E-state index >= 15 is 0 Å². The molecule has 0 radical (unpaired) electrons. The number of benzene rings is 1. The van der Waals surface area contributed by atoms with Crippen LogP contribution in [0, 0.1) is 19.8 Å². The Kier molecular flexibility index (Phi) is 4.55. The monoisotopic (exact) mass is 272 g/mol. The summed E-state index contributed by atoms with van der Waals surface area (Å²) >= 11 is 0. The summed E-state index contributed by atoms with van der Waals surface area (Å²) in [6, 6.07) is 6.26. The van der Waals surface area contributed by atoms with E-state index in [0.717, 1.165) is 18.8 Å². The average Bonchev–Trinajstić information content (AvgIpc) is 2.75. The maximum Gasteiger partial charge on any atom is 0.138 e. The number of aromatic nitrogens is 3. The van der Waals surface area contributed by atoms with Crippen LogP contribution in [0.5, 0.6) is 0 Å². The first kappa shape index (κ1) is 14.7. The van der Waals surface area contributed by atoms with Gasteiger partial charge in [-0.2, -0.15) is 5.10 Å². The van der Waals surface area contributed by atoms with Crippen LogP contribution in [0.15, 0.2) is 24.5 Å². The fourth-order valence-corrected chi connectivity index (χ4v) is 2.66. The van der Waals surface area contributed by atoms with Gasteiger partial charge in [0.05, 0.1) is 0 Å². The molecular formula is C16H24N4. The van der Waals surface area contributed by atoms with Gasteiger partial charge < -0.3 is 5.73 Å². The van der Waals surface area contributed by atoms with Crippen LogP contribution in [0.25, 0.3) is 0 Å². The third-order valence-corrected chi connectivity index (χ3v) is 3.55. The van der Waals surface area contributed by atoms with Gasteiger partial charge in [-0.25, -0.2) is 9.67 Å². The molecule has 108 valence electrons. The number of nitrogens with zero attached hydrogens (tertiary/aromatic N) is 3. The molecule has 0 aliphatic rings. The molecule has 0 aliphatic heterocycles. The zero-order valence-electron chi connectivity index (χ0n) is 12.8. The normalized spacial score (nSPS) is 12.9. The molecular weight excluding hydrogens is 248 g/mol. The van der Waals surface area contributed by atoms with E-state index in [1.807, 2.05) is 4.68 Å². The first-order valence-corrected chi connectivity index (χ1v) is 7.17. The molecule has 4 heteroatoms. The fraction of sp³-hybridized carbons (Fsp3) is 0.500. The molecule has 1 aromatic heterocycles. The Morgan fingerprint density at radius 1 is 1.20 bits per heavy atom. The van der Waals surface area contributed by atoms with Crippen LogP contribution in [0.4, 0.5) is 0 Å². The van der Waals surface area contributed by atoms with E-state index in [1.165, 1.54) is 16.7 Å². The Labute approximate surface area is 121 Å². The largest absolute Gasteiger partial charge is 0.324 e. The maximum atomic E-state index is 6.41. The zero-order valence-corrected chi connectivity index (χ0v) is 12.8. The fourth-order valence-electron chi connectivity index (χ4n) is 2.66. The summed E-state index contributed by atoms with van der Waals surface area (Å²) in [6.07, 6.45) is 2.34. The molecule has 0 saturated carbocycles.